The van der Waals surface area contributed by atoms with E-state index in [0.29, 0.717) is 0 Å². The molecule has 7 aromatic carbocycles. The molecule has 0 radical (unpaired) electrons. The molecule has 0 bridgehead atoms. The summed E-state index contributed by atoms with van der Waals surface area (Å²) >= 11 is 0. The first-order valence-electron chi connectivity index (χ1n) is 13.0. The van der Waals surface area contributed by atoms with Crippen LogP contribution in [0.2, 0.25) is 0 Å². The van der Waals surface area contributed by atoms with Crippen LogP contribution in [0.5, 0.6) is 11.5 Å². The summed E-state index contributed by atoms with van der Waals surface area (Å²) in [7, 11) is 0. The van der Waals surface area contributed by atoms with Gasteiger partial charge in [0.25, 0.3) is 0 Å². The molecule has 1 aliphatic rings. The molecule has 0 unspecified atom stereocenters. The Morgan fingerprint density at radius 3 is 1.58 bits per heavy atom. The molecule has 180 valence electrons. The van der Waals surface area contributed by atoms with E-state index in [2.05, 4.69) is 84.9 Å². The van der Waals surface area contributed by atoms with E-state index in [4.69, 9.17) is 0 Å². The Balaban J connectivity index is 1.53. The third kappa shape index (κ3) is 2.89. The number of hydrogen-bond acceptors (Lipinski definition) is 2. The number of aromatic hydroxyl groups is 2. The monoisotopic (exact) mass is 488 g/mol. The summed E-state index contributed by atoms with van der Waals surface area (Å²) in [5.74, 6) is 0.557. The van der Waals surface area contributed by atoms with Gasteiger partial charge in [0.05, 0.1) is 0 Å². The van der Waals surface area contributed by atoms with Crippen LogP contribution in [0, 0.1) is 0 Å². The van der Waals surface area contributed by atoms with Gasteiger partial charge in [0.1, 0.15) is 11.5 Å². The minimum absolute atomic E-state index is 0.279. The molecule has 8 rings (SSSR count). The van der Waals surface area contributed by atoms with Gasteiger partial charge in [-0.1, -0.05) is 84.9 Å². The molecule has 0 saturated heterocycles. The molecule has 0 fully saturated rings. The molecule has 0 heterocycles. The van der Waals surface area contributed by atoms with Crippen LogP contribution in [0.3, 0.4) is 0 Å². The Hall–Kier alpha value is -4.82. The summed E-state index contributed by atoms with van der Waals surface area (Å²) in [6.07, 6.45) is 0.841. The summed E-state index contributed by atoms with van der Waals surface area (Å²) in [4.78, 5) is 0. The van der Waals surface area contributed by atoms with E-state index in [1.165, 1.54) is 43.8 Å². The zero-order valence-corrected chi connectivity index (χ0v) is 20.6. The van der Waals surface area contributed by atoms with Crippen molar-refractivity contribution in [1.82, 2.24) is 0 Å². The zero-order valence-electron chi connectivity index (χ0n) is 20.6. The number of rotatable bonds is 2. The molecule has 0 aliphatic heterocycles. The highest BCUT2D eigenvalue weighted by atomic mass is 16.3. The van der Waals surface area contributed by atoms with Gasteiger partial charge in [0.15, 0.2) is 0 Å². The summed E-state index contributed by atoms with van der Waals surface area (Å²) in [5, 5.41) is 29.6. The van der Waals surface area contributed by atoms with Gasteiger partial charge in [-0.25, -0.2) is 0 Å². The van der Waals surface area contributed by atoms with E-state index < -0.39 is 5.41 Å². The second kappa shape index (κ2) is 7.60. The molecule has 38 heavy (non-hydrogen) atoms. The maximum absolute atomic E-state index is 10.1. The number of hydrogen-bond donors (Lipinski definition) is 2. The molecule has 7 aromatic rings. The van der Waals surface area contributed by atoms with Crippen LogP contribution in [0.4, 0.5) is 0 Å². The van der Waals surface area contributed by atoms with Crippen LogP contribution in [0.15, 0.2) is 121 Å². The lowest BCUT2D eigenvalue weighted by Gasteiger charge is -2.41. The average molecular weight is 489 g/mol. The molecule has 0 atom stereocenters. The van der Waals surface area contributed by atoms with E-state index in [-0.39, 0.29) is 11.5 Å². The third-order valence-electron chi connectivity index (χ3n) is 8.52. The van der Waals surface area contributed by atoms with Gasteiger partial charge in [0.2, 0.25) is 0 Å². The lowest BCUT2D eigenvalue weighted by atomic mass is 9.61. The molecule has 2 N–H and O–H groups in total. The fourth-order valence-electron chi connectivity index (χ4n) is 6.79. The van der Waals surface area contributed by atoms with Crippen LogP contribution in [0.25, 0.3) is 43.1 Å². The maximum atomic E-state index is 10.1. The molecule has 0 amide bonds. The Morgan fingerprint density at radius 2 is 0.947 bits per heavy atom. The van der Waals surface area contributed by atoms with Gasteiger partial charge in [-0.05, 0) is 108 Å². The summed E-state index contributed by atoms with van der Waals surface area (Å²) in [6.45, 7) is 0. The van der Waals surface area contributed by atoms with Gasteiger partial charge in [-0.2, -0.15) is 0 Å². The van der Waals surface area contributed by atoms with Crippen molar-refractivity contribution in [3.05, 3.63) is 144 Å². The minimum atomic E-state index is -0.416. The van der Waals surface area contributed by atoms with Crippen molar-refractivity contribution < 1.29 is 10.2 Å². The standard InChI is InChI=1S/C36H24O2/c37-31-15-11-24-17-29(13-9-26(24)19-31)36(30-14-10-27-20-32(38)16-12-25(27)18-30)21-28-5-1-3-22-7-8-23-4-2-6-33(36)35(23)34(22)28/h1-20,37-38H,21H2. The highest BCUT2D eigenvalue weighted by molar-refractivity contribution is 6.13. The predicted molar refractivity (Wildman–Crippen MR) is 156 cm³/mol. The Labute approximate surface area is 220 Å². The van der Waals surface area contributed by atoms with E-state index >= 15 is 0 Å². The second-order valence-corrected chi connectivity index (χ2v) is 10.6. The normalized spacial score (nSPS) is 14.1. The fraction of sp³-hybridized carbons (Fsp3) is 0.0556. The second-order valence-electron chi connectivity index (χ2n) is 10.6. The first-order valence-corrected chi connectivity index (χ1v) is 13.0. The first kappa shape index (κ1) is 21.3. The van der Waals surface area contributed by atoms with Gasteiger partial charge in [-0.3, -0.25) is 0 Å². The van der Waals surface area contributed by atoms with Crippen molar-refractivity contribution in [2.45, 2.75) is 11.8 Å². The van der Waals surface area contributed by atoms with Crippen molar-refractivity contribution in [1.29, 1.82) is 0 Å². The molecule has 2 nitrogen and oxygen atoms in total. The predicted octanol–water partition coefficient (Wildman–Crippen LogP) is 8.60. The fourth-order valence-corrected chi connectivity index (χ4v) is 6.79. The Kier molecular flexibility index (Phi) is 4.25. The molecular weight excluding hydrogens is 464 g/mol. The highest BCUT2D eigenvalue weighted by Crippen LogP contribution is 2.51. The summed E-state index contributed by atoms with van der Waals surface area (Å²) in [5.41, 5.74) is 4.71. The van der Waals surface area contributed by atoms with Crippen molar-refractivity contribution >= 4 is 43.1 Å². The Bertz CT molecular complexity index is 2000. The van der Waals surface area contributed by atoms with Crippen LogP contribution in [-0.4, -0.2) is 10.2 Å². The van der Waals surface area contributed by atoms with Gasteiger partial charge in [-0.15, -0.1) is 0 Å². The number of benzene rings is 7. The van der Waals surface area contributed by atoms with Crippen molar-refractivity contribution in [2.24, 2.45) is 0 Å². The van der Waals surface area contributed by atoms with Gasteiger partial charge < -0.3 is 10.2 Å². The SMILES string of the molecule is Oc1ccc2cc(C3(c4ccc5cc(O)ccc5c4)Cc4cccc5ccc6cccc3c6c45)ccc2c1. The first-order chi connectivity index (χ1) is 18.6. The number of phenols is 2. The highest BCUT2D eigenvalue weighted by Gasteiger charge is 2.41. The maximum Gasteiger partial charge on any atom is 0.116 e. The van der Waals surface area contributed by atoms with E-state index in [0.717, 1.165) is 28.0 Å². The van der Waals surface area contributed by atoms with Gasteiger partial charge in [0, 0.05) is 5.41 Å². The smallest absolute Gasteiger partial charge is 0.116 e. The lowest BCUT2D eigenvalue weighted by Crippen LogP contribution is -2.34. The summed E-state index contributed by atoms with van der Waals surface area (Å²) in [6, 6.07) is 42.4. The average Bonchev–Trinajstić information content (AvgIpc) is 2.95. The number of phenolic OH excluding ortho intramolecular Hbond substituents is 2. The molecule has 0 aromatic heterocycles. The lowest BCUT2D eigenvalue weighted by molar-refractivity contribution is 0.475. The van der Waals surface area contributed by atoms with Crippen LogP contribution >= 0.6 is 0 Å². The van der Waals surface area contributed by atoms with E-state index in [1.807, 2.05) is 24.3 Å². The quantitative estimate of drug-likeness (QED) is 0.239. The topological polar surface area (TPSA) is 40.5 Å². The largest absolute Gasteiger partial charge is 0.508 e. The minimum Gasteiger partial charge on any atom is -0.508 e. The third-order valence-corrected chi connectivity index (χ3v) is 8.52. The van der Waals surface area contributed by atoms with E-state index in [1.54, 1.807) is 12.1 Å². The molecule has 2 heteroatoms. The van der Waals surface area contributed by atoms with E-state index in [9.17, 15) is 10.2 Å². The molecular formula is C36H24O2. The van der Waals surface area contributed by atoms with Crippen molar-refractivity contribution in [3.63, 3.8) is 0 Å². The molecule has 0 spiro atoms. The van der Waals surface area contributed by atoms with Crippen LogP contribution in [-0.2, 0) is 11.8 Å². The molecule has 1 aliphatic carbocycles. The van der Waals surface area contributed by atoms with Gasteiger partial charge >= 0.3 is 0 Å². The van der Waals surface area contributed by atoms with Crippen molar-refractivity contribution in [3.8, 4) is 11.5 Å². The zero-order chi connectivity index (χ0) is 25.4. The Morgan fingerprint density at radius 1 is 0.447 bits per heavy atom. The summed E-state index contributed by atoms with van der Waals surface area (Å²) < 4.78 is 0. The van der Waals surface area contributed by atoms with Crippen molar-refractivity contribution in [2.75, 3.05) is 0 Å². The number of fused-ring (bicyclic) bond motifs is 2. The van der Waals surface area contributed by atoms with Crippen LogP contribution in [0.1, 0.15) is 22.3 Å². The molecule has 0 saturated carbocycles. The van der Waals surface area contributed by atoms with Crippen LogP contribution < -0.4 is 0 Å².